The lowest BCUT2D eigenvalue weighted by Crippen LogP contribution is -2.18. The second-order valence-electron chi connectivity index (χ2n) is 6.16. The standard InChI is InChI=1S/C21H18N2O5/c24-21(28-14-15-6-2-1-3-7-15)19(22-25)13-12-17-11-10-16-8-4-5-9-18(16)20(17)23(26)27/h1-11,25H,12-14H2/b22-19+. The third kappa shape index (κ3) is 4.32. The minimum atomic E-state index is -0.755. The van der Waals surface area contributed by atoms with E-state index in [-0.39, 0.29) is 30.8 Å². The van der Waals surface area contributed by atoms with Crippen LogP contribution < -0.4 is 0 Å². The van der Waals surface area contributed by atoms with E-state index in [0.29, 0.717) is 10.9 Å². The highest BCUT2D eigenvalue weighted by atomic mass is 16.6. The quantitative estimate of drug-likeness (QED) is 0.218. The van der Waals surface area contributed by atoms with E-state index < -0.39 is 10.9 Å². The van der Waals surface area contributed by atoms with Crippen molar-refractivity contribution in [2.75, 3.05) is 0 Å². The number of fused-ring (bicyclic) bond motifs is 1. The molecule has 0 unspecified atom stereocenters. The monoisotopic (exact) mass is 378 g/mol. The first-order valence-electron chi connectivity index (χ1n) is 8.67. The first-order chi connectivity index (χ1) is 13.6. The number of nitrogens with zero attached hydrogens (tertiary/aromatic N) is 2. The summed E-state index contributed by atoms with van der Waals surface area (Å²) in [6.07, 6.45) is 0.185. The van der Waals surface area contributed by atoms with Crippen molar-refractivity contribution in [2.24, 2.45) is 5.16 Å². The Morgan fingerprint density at radius 3 is 2.46 bits per heavy atom. The molecule has 0 radical (unpaired) electrons. The molecule has 142 valence electrons. The highest BCUT2D eigenvalue weighted by Gasteiger charge is 2.21. The van der Waals surface area contributed by atoms with Crippen molar-refractivity contribution in [3.05, 3.63) is 88.0 Å². The van der Waals surface area contributed by atoms with Crippen LogP contribution in [0.25, 0.3) is 10.8 Å². The van der Waals surface area contributed by atoms with Crippen LogP contribution in [0.3, 0.4) is 0 Å². The average Bonchev–Trinajstić information content (AvgIpc) is 2.72. The number of nitro benzene ring substituents is 1. The molecule has 0 saturated carbocycles. The summed E-state index contributed by atoms with van der Waals surface area (Å²) >= 11 is 0. The van der Waals surface area contributed by atoms with Crippen LogP contribution in [0.15, 0.2) is 71.9 Å². The van der Waals surface area contributed by atoms with Gasteiger partial charge in [0.2, 0.25) is 0 Å². The molecule has 0 aliphatic carbocycles. The largest absolute Gasteiger partial charge is 0.456 e. The van der Waals surface area contributed by atoms with Gasteiger partial charge in [-0.15, -0.1) is 0 Å². The van der Waals surface area contributed by atoms with Gasteiger partial charge in [-0.3, -0.25) is 10.1 Å². The summed E-state index contributed by atoms with van der Waals surface area (Å²) in [7, 11) is 0. The molecule has 7 nitrogen and oxygen atoms in total. The molecule has 0 saturated heterocycles. The average molecular weight is 378 g/mol. The second kappa shape index (κ2) is 8.77. The number of esters is 1. The molecular weight excluding hydrogens is 360 g/mol. The van der Waals surface area contributed by atoms with Crippen molar-refractivity contribution in [1.29, 1.82) is 0 Å². The van der Waals surface area contributed by atoms with Crippen LogP contribution >= 0.6 is 0 Å². The summed E-state index contributed by atoms with van der Waals surface area (Å²) in [6.45, 7) is 0.0504. The van der Waals surface area contributed by atoms with Gasteiger partial charge in [-0.25, -0.2) is 4.79 Å². The van der Waals surface area contributed by atoms with Crippen molar-refractivity contribution in [3.8, 4) is 0 Å². The van der Waals surface area contributed by atoms with E-state index in [4.69, 9.17) is 4.74 Å². The van der Waals surface area contributed by atoms with E-state index in [2.05, 4.69) is 5.16 Å². The molecular formula is C21H18N2O5. The van der Waals surface area contributed by atoms with E-state index in [1.807, 2.05) is 36.4 Å². The van der Waals surface area contributed by atoms with Crippen molar-refractivity contribution in [2.45, 2.75) is 19.4 Å². The maximum atomic E-state index is 12.2. The Bertz CT molecular complexity index is 1030. The summed E-state index contributed by atoms with van der Waals surface area (Å²) < 4.78 is 5.15. The van der Waals surface area contributed by atoms with Crippen molar-refractivity contribution in [3.63, 3.8) is 0 Å². The molecule has 0 atom stereocenters. The number of carbonyl (C=O) groups is 1. The molecule has 28 heavy (non-hydrogen) atoms. The Morgan fingerprint density at radius 2 is 1.75 bits per heavy atom. The van der Waals surface area contributed by atoms with Crippen LogP contribution in [0.4, 0.5) is 5.69 Å². The Balaban J connectivity index is 1.72. The van der Waals surface area contributed by atoms with E-state index in [0.717, 1.165) is 10.9 Å². The van der Waals surface area contributed by atoms with E-state index in [1.54, 1.807) is 30.3 Å². The molecule has 0 aromatic heterocycles. The molecule has 1 N–H and O–H groups in total. The lowest BCUT2D eigenvalue weighted by molar-refractivity contribution is -0.383. The summed E-state index contributed by atoms with van der Waals surface area (Å²) in [4.78, 5) is 23.3. The topological polar surface area (TPSA) is 102 Å². The van der Waals surface area contributed by atoms with Gasteiger partial charge in [0.05, 0.1) is 10.3 Å². The number of hydrogen-bond acceptors (Lipinski definition) is 6. The highest BCUT2D eigenvalue weighted by Crippen LogP contribution is 2.30. The third-order valence-electron chi connectivity index (χ3n) is 4.37. The Kier molecular flexibility index (Phi) is 5.96. The van der Waals surface area contributed by atoms with Gasteiger partial charge in [0, 0.05) is 12.0 Å². The van der Waals surface area contributed by atoms with Gasteiger partial charge in [0.15, 0.2) is 5.71 Å². The maximum absolute atomic E-state index is 12.2. The van der Waals surface area contributed by atoms with Crippen molar-refractivity contribution >= 4 is 28.1 Å². The number of benzene rings is 3. The van der Waals surface area contributed by atoms with Crippen molar-refractivity contribution < 1.29 is 19.7 Å². The van der Waals surface area contributed by atoms with Gasteiger partial charge in [-0.2, -0.15) is 0 Å². The summed E-state index contributed by atoms with van der Waals surface area (Å²) in [5.41, 5.74) is 1.07. The smallest absolute Gasteiger partial charge is 0.356 e. The normalized spacial score (nSPS) is 11.4. The minimum Gasteiger partial charge on any atom is -0.456 e. The van der Waals surface area contributed by atoms with Crippen LogP contribution in [-0.2, 0) is 22.6 Å². The van der Waals surface area contributed by atoms with Crippen LogP contribution in [0.5, 0.6) is 0 Å². The SMILES string of the molecule is O=C(OCc1ccccc1)/C(CCc1ccc2ccccc2c1[N+](=O)[O-])=N/O. The molecule has 3 aromatic rings. The molecule has 0 spiro atoms. The van der Waals surface area contributed by atoms with Gasteiger partial charge in [-0.1, -0.05) is 65.8 Å². The zero-order valence-corrected chi connectivity index (χ0v) is 14.9. The number of carbonyl (C=O) groups excluding carboxylic acids is 1. The Labute approximate surface area is 161 Å². The van der Waals surface area contributed by atoms with Crippen LogP contribution in [-0.4, -0.2) is 21.8 Å². The number of hydrogen-bond donors (Lipinski definition) is 1. The molecule has 0 bridgehead atoms. The van der Waals surface area contributed by atoms with Gasteiger partial charge >= 0.3 is 5.97 Å². The molecule has 7 heteroatoms. The number of ether oxygens (including phenoxy) is 1. The number of aryl methyl sites for hydroxylation is 1. The first kappa shape index (κ1) is 19.0. The van der Waals surface area contributed by atoms with Gasteiger partial charge in [0.25, 0.3) is 5.69 Å². The fraction of sp³-hybridized carbons (Fsp3) is 0.143. The van der Waals surface area contributed by atoms with E-state index in [1.165, 1.54) is 0 Å². The lowest BCUT2D eigenvalue weighted by Gasteiger charge is -2.08. The lowest BCUT2D eigenvalue weighted by atomic mass is 10.00. The molecule has 0 heterocycles. The predicted molar refractivity (Wildman–Crippen MR) is 104 cm³/mol. The molecule has 0 aliphatic rings. The fourth-order valence-electron chi connectivity index (χ4n) is 2.97. The van der Waals surface area contributed by atoms with Crippen LogP contribution in [0.2, 0.25) is 0 Å². The third-order valence-corrected chi connectivity index (χ3v) is 4.37. The summed E-state index contributed by atoms with van der Waals surface area (Å²) in [5, 5.41) is 25.1. The van der Waals surface area contributed by atoms with Crippen LogP contribution in [0.1, 0.15) is 17.5 Å². The Morgan fingerprint density at radius 1 is 1.04 bits per heavy atom. The van der Waals surface area contributed by atoms with Gasteiger partial charge in [0.1, 0.15) is 6.61 Å². The van der Waals surface area contributed by atoms with Gasteiger partial charge < -0.3 is 9.94 Å². The van der Waals surface area contributed by atoms with Crippen LogP contribution in [0, 0.1) is 10.1 Å². The minimum absolute atomic E-state index is 0.00644. The molecule has 0 aliphatic heterocycles. The molecule has 0 fully saturated rings. The summed E-state index contributed by atoms with van der Waals surface area (Å²) in [6, 6.07) is 19.6. The second-order valence-corrected chi connectivity index (χ2v) is 6.16. The molecule has 3 aromatic carbocycles. The first-order valence-corrected chi connectivity index (χ1v) is 8.67. The fourth-order valence-corrected chi connectivity index (χ4v) is 2.97. The van der Waals surface area contributed by atoms with E-state index in [9.17, 15) is 20.1 Å². The van der Waals surface area contributed by atoms with E-state index >= 15 is 0 Å². The zero-order valence-electron chi connectivity index (χ0n) is 14.9. The summed E-state index contributed by atoms with van der Waals surface area (Å²) in [5.74, 6) is -0.755. The molecule has 0 amide bonds. The zero-order chi connectivity index (χ0) is 19.9. The predicted octanol–water partition coefficient (Wildman–Crippen LogP) is 4.25. The maximum Gasteiger partial charge on any atom is 0.356 e. The van der Waals surface area contributed by atoms with Crippen molar-refractivity contribution in [1.82, 2.24) is 0 Å². The number of nitro groups is 1. The van der Waals surface area contributed by atoms with Gasteiger partial charge in [-0.05, 0) is 23.4 Å². The number of oxime groups is 1. The highest BCUT2D eigenvalue weighted by molar-refractivity contribution is 6.36. The number of rotatable bonds is 7. The Hall–Kier alpha value is -3.74. The molecule has 3 rings (SSSR count).